The molecule has 0 aromatic rings. The van der Waals surface area contributed by atoms with Gasteiger partial charge in [-0.25, -0.2) is 0 Å². The van der Waals surface area contributed by atoms with Gasteiger partial charge in [0, 0.05) is 23.8 Å². The molecule has 0 aromatic carbocycles. The number of aliphatic hydroxyl groups is 1. The van der Waals surface area contributed by atoms with Gasteiger partial charge in [0.1, 0.15) is 0 Å². The molecule has 3 saturated carbocycles. The van der Waals surface area contributed by atoms with Crippen LogP contribution in [0.1, 0.15) is 64.7 Å². The molecule has 3 nitrogen and oxygen atoms in total. The van der Waals surface area contributed by atoms with E-state index in [9.17, 15) is 5.11 Å². The highest BCUT2D eigenvalue weighted by molar-refractivity contribution is 6.25. The summed E-state index contributed by atoms with van der Waals surface area (Å²) in [5.41, 5.74) is 2.44. The van der Waals surface area contributed by atoms with Gasteiger partial charge in [0.2, 0.25) is 0 Å². The molecule has 0 bridgehead atoms. The van der Waals surface area contributed by atoms with Crippen molar-refractivity contribution in [3.63, 3.8) is 0 Å². The van der Waals surface area contributed by atoms with Gasteiger partial charge in [-0.05, 0) is 74.7 Å². The van der Waals surface area contributed by atoms with Crippen LogP contribution in [0.15, 0.2) is 23.3 Å². The molecule has 27 heavy (non-hydrogen) atoms. The monoisotopic (exact) mass is 392 g/mol. The zero-order chi connectivity index (χ0) is 18.7. The topological polar surface area (TPSA) is 38.7 Å². The Labute approximate surface area is 168 Å². The molecule has 4 fully saturated rings. The van der Waals surface area contributed by atoms with Crippen molar-refractivity contribution in [3.8, 4) is 0 Å². The van der Waals surface area contributed by atoms with Crippen molar-refractivity contribution in [2.45, 2.75) is 76.1 Å². The molecular weight excluding hydrogens is 360 g/mol. The smallest absolute Gasteiger partial charge is 0.172 e. The predicted octanol–water partition coefficient (Wildman–Crippen LogP) is 5.18. The van der Waals surface area contributed by atoms with Crippen molar-refractivity contribution < 1.29 is 14.6 Å². The Kier molecular flexibility index (Phi) is 4.55. The number of hydrogen-bond acceptors (Lipinski definition) is 3. The van der Waals surface area contributed by atoms with Crippen LogP contribution in [0.3, 0.4) is 0 Å². The summed E-state index contributed by atoms with van der Waals surface area (Å²) in [6, 6.07) is 0. The third kappa shape index (κ3) is 2.57. The molecule has 0 aromatic heterocycles. The van der Waals surface area contributed by atoms with Gasteiger partial charge in [0.25, 0.3) is 0 Å². The summed E-state index contributed by atoms with van der Waals surface area (Å²) in [6.07, 6.45) is 14.2. The zero-order valence-electron chi connectivity index (χ0n) is 16.5. The van der Waals surface area contributed by atoms with Crippen LogP contribution in [0.25, 0.3) is 0 Å². The SMILES string of the molecule is CC[C@]12CC[C@H]3[C@@H](CC=C4CC5(CC[C@@H]43)OCCO5)[C@@H]1CC[C@@]2(O)/C=C\Cl. The van der Waals surface area contributed by atoms with Crippen LogP contribution < -0.4 is 0 Å². The Balaban J connectivity index is 1.43. The first-order chi connectivity index (χ1) is 13.1. The number of halogens is 1. The van der Waals surface area contributed by atoms with E-state index in [1.165, 1.54) is 19.3 Å². The average molecular weight is 393 g/mol. The summed E-state index contributed by atoms with van der Waals surface area (Å²) >= 11 is 5.94. The van der Waals surface area contributed by atoms with Crippen LogP contribution in [0.2, 0.25) is 0 Å². The Hall–Kier alpha value is -0.350. The van der Waals surface area contributed by atoms with E-state index in [0.29, 0.717) is 17.8 Å². The maximum atomic E-state index is 11.5. The summed E-state index contributed by atoms with van der Waals surface area (Å²) in [7, 11) is 0. The number of ether oxygens (including phenoxy) is 2. The number of rotatable bonds is 2. The molecule has 0 amide bonds. The number of allylic oxidation sites excluding steroid dienone is 1. The molecule has 6 atom stereocenters. The molecule has 5 aliphatic rings. The molecular formula is C23H33ClO3. The van der Waals surface area contributed by atoms with E-state index in [2.05, 4.69) is 13.0 Å². The highest BCUT2D eigenvalue weighted by atomic mass is 35.5. The second kappa shape index (κ2) is 6.58. The quantitative estimate of drug-likeness (QED) is 0.658. The van der Waals surface area contributed by atoms with Crippen LogP contribution in [-0.2, 0) is 9.47 Å². The summed E-state index contributed by atoms with van der Waals surface area (Å²) in [5.74, 6) is 2.50. The lowest BCUT2D eigenvalue weighted by Crippen LogP contribution is -2.53. The van der Waals surface area contributed by atoms with Crippen molar-refractivity contribution in [1.29, 1.82) is 0 Å². The molecule has 1 aliphatic heterocycles. The molecule has 5 rings (SSSR count). The molecule has 1 N–H and O–H groups in total. The van der Waals surface area contributed by atoms with Gasteiger partial charge < -0.3 is 14.6 Å². The van der Waals surface area contributed by atoms with E-state index in [1.807, 2.05) is 6.08 Å². The van der Waals surface area contributed by atoms with Gasteiger partial charge in [0.05, 0.1) is 18.8 Å². The molecule has 1 spiro atoms. The van der Waals surface area contributed by atoms with E-state index >= 15 is 0 Å². The predicted molar refractivity (Wildman–Crippen MR) is 106 cm³/mol. The van der Waals surface area contributed by atoms with Crippen molar-refractivity contribution >= 4 is 11.6 Å². The van der Waals surface area contributed by atoms with Gasteiger partial charge in [-0.2, -0.15) is 0 Å². The minimum absolute atomic E-state index is 0.0124. The third-order valence-corrected chi connectivity index (χ3v) is 9.26. The van der Waals surface area contributed by atoms with Crippen molar-refractivity contribution in [1.82, 2.24) is 0 Å². The first-order valence-electron chi connectivity index (χ1n) is 11.0. The van der Waals surface area contributed by atoms with Crippen LogP contribution in [0, 0.1) is 29.1 Å². The second-order valence-electron chi connectivity index (χ2n) is 9.68. The van der Waals surface area contributed by atoms with Crippen molar-refractivity contribution in [2.75, 3.05) is 13.2 Å². The van der Waals surface area contributed by atoms with E-state index in [-0.39, 0.29) is 11.2 Å². The van der Waals surface area contributed by atoms with Gasteiger partial charge in [-0.3, -0.25) is 0 Å². The minimum Gasteiger partial charge on any atom is -0.385 e. The molecule has 150 valence electrons. The van der Waals surface area contributed by atoms with Crippen LogP contribution >= 0.6 is 11.6 Å². The molecule has 1 saturated heterocycles. The Morgan fingerprint density at radius 1 is 1.15 bits per heavy atom. The normalized spacial score (nSPS) is 48.3. The summed E-state index contributed by atoms with van der Waals surface area (Å²) in [5, 5.41) is 11.5. The lowest BCUT2D eigenvalue weighted by atomic mass is 9.50. The molecule has 0 unspecified atom stereocenters. The van der Waals surface area contributed by atoms with Gasteiger partial charge in [-0.1, -0.05) is 30.2 Å². The van der Waals surface area contributed by atoms with Crippen molar-refractivity contribution in [2.24, 2.45) is 29.1 Å². The second-order valence-corrected chi connectivity index (χ2v) is 9.93. The Bertz CT molecular complexity index is 652. The Morgan fingerprint density at radius 2 is 1.96 bits per heavy atom. The number of hydrogen-bond donors (Lipinski definition) is 1. The maximum Gasteiger partial charge on any atom is 0.172 e. The summed E-state index contributed by atoms with van der Waals surface area (Å²) in [4.78, 5) is 0. The Morgan fingerprint density at radius 3 is 2.70 bits per heavy atom. The van der Waals surface area contributed by atoms with E-state index in [0.717, 1.165) is 57.7 Å². The molecule has 4 heteroatoms. The van der Waals surface area contributed by atoms with Crippen LogP contribution in [0.4, 0.5) is 0 Å². The standard InChI is InChI=1S/C23H33ClO3/c1-2-21-8-5-18-17-6-10-23(26-13-14-27-23)15-16(17)3-4-19(18)20(21)7-9-22(21,25)11-12-24/h3,11-12,17-20,25H,2,4-10,13-15H2,1H3/b12-11-/t17-,18+,19+,20-,21-,22+/m0/s1. The lowest BCUT2D eigenvalue weighted by Gasteiger charge is -2.56. The number of fused-ring (bicyclic) bond motifs is 5. The highest BCUT2D eigenvalue weighted by Crippen LogP contribution is 2.66. The first kappa shape index (κ1) is 18.7. The third-order valence-electron chi connectivity index (χ3n) is 9.14. The molecule has 4 aliphatic carbocycles. The highest BCUT2D eigenvalue weighted by Gasteiger charge is 2.63. The fraction of sp³-hybridized carbons (Fsp3) is 0.826. The van der Waals surface area contributed by atoms with Crippen LogP contribution in [-0.4, -0.2) is 29.7 Å². The summed E-state index contributed by atoms with van der Waals surface area (Å²) < 4.78 is 12.0. The van der Waals surface area contributed by atoms with Crippen LogP contribution in [0.5, 0.6) is 0 Å². The maximum absolute atomic E-state index is 11.5. The minimum atomic E-state index is -0.717. The van der Waals surface area contributed by atoms with E-state index in [4.69, 9.17) is 21.1 Å². The first-order valence-corrected chi connectivity index (χ1v) is 11.5. The van der Waals surface area contributed by atoms with E-state index < -0.39 is 5.60 Å². The van der Waals surface area contributed by atoms with Crippen molar-refractivity contribution in [3.05, 3.63) is 23.3 Å². The largest absolute Gasteiger partial charge is 0.385 e. The lowest BCUT2D eigenvalue weighted by molar-refractivity contribution is -0.177. The fourth-order valence-electron chi connectivity index (χ4n) is 7.96. The fourth-order valence-corrected chi connectivity index (χ4v) is 8.16. The van der Waals surface area contributed by atoms with E-state index in [1.54, 1.807) is 11.1 Å². The average Bonchev–Trinajstić information content (AvgIpc) is 3.24. The zero-order valence-corrected chi connectivity index (χ0v) is 17.2. The van der Waals surface area contributed by atoms with Gasteiger partial charge >= 0.3 is 0 Å². The summed E-state index contributed by atoms with van der Waals surface area (Å²) in [6.45, 7) is 3.77. The van der Waals surface area contributed by atoms with Gasteiger partial charge in [0.15, 0.2) is 5.79 Å². The molecule has 0 radical (unpaired) electrons. The molecule has 1 heterocycles. The van der Waals surface area contributed by atoms with Gasteiger partial charge in [-0.15, -0.1) is 0 Å².